The van der Waals surface area contributed by atoms with E-state index in [1.807, 2.05) is 12.1 Å². The Morgan fingerprint density at radius 1 is 1.07 bits per heavy atom. The number of hydrogen-bond donors (Lipinski definition) is 1. The summed E-state index contributed by atoms with van der Waals surface area (Å²) in [5.74, 6) is 2.81. The second-order valence-corrected chi connectivity index (χ2v) is 9.44. The molecule has 0 amide bonds. The van der Waals surface area contributed by atoms with Gasteiger partial charge in [-0.15, -0.1) is 10.2 Å². The average molecular weight is 431 g/mol. The molecule has 30 heavy (non-hydrogen) atoms. The van der Waals surface area contributed by atoms with Crippen molar-refractivity contribution >= 4 is 17.4 Å². The van der Waals surface area contributed by atoms with Crippen molar-refractivity contribution in [2.45, 2.75) is 31.7 Å². The fraction of sp³-hybridized carbons (Fsp3) is 0.565. The van der Waals surface area contributed by atoms with Crippen LogP contribution in [0.1, 0.15) is 25.7 Å². The van der Waals surface area contributed by atoms with E-state index in [1.54, 1.807) is 6.07 Å². The second-order valence-electron chi connectivity index (χ2n) is 9.04. The average Bonchev–Trinajstić information content (AvgIpc) is 3.29. The second kappa shape index (κ2) is 8.77. The van der Waals surface area contributed by atoms with E-state index < -0.39 is 0 Å². The van der Waals surface area contributed by atoms with Crippen LogP contribution in [0.3, 0.4) is 0 Å². The molecule has 3 heterocycles. The smallest absolute Gasteiger partial charge is 0.148 e. The molecule has 2 aliphatic heterocycles. The Hall–Kier alpha value is -1.76. The molecule has 2 saturated heterocycles. The molecular formula is C23H28ClFN4O. The van der Waals surface area contributed by atoms with E-state index in [1.165, 1.54) is 57.5 Å². The van der Waals surface area contributed by atoms with Crippen molar-refractivity contribution in [1.29, 1.82) is 0 Å². The van der Waals surface area contributed by atoms with E-state index in [9.17, 15) is 4.39 Å². The summed E-state index contributed by atoms with van der Waals surface area (Å²) in [4.78, 5) is 2.68. The monoisotopic (exact) mass is 430 g/mol. The van der Waals surface area contributed by atoms with Gasteiger partial charge in [0.2, 0.25) is 0 Å². The number of aromatic nitrogens is 2. The van der Waals surface area contributed by atoms with Crippen LogP contribution in [0, 0.1) is 23.6 Å². The highest BCUT2D eigenvalue weighted by Gasteiger charge is 2.41. The number of nitrogens with zero attached hydrogens (tertiary/aromatic N) is 3. The lowest BCUT2D eigenvalue weighted by Gasteiger charge is -2.27. The molecule has 160 valence electrons. The standard InChI is InChI=1S/C23H28ClFN4O/c24-21-2-1-18(25)11-20(21)22-3-4-23(28-27-22)26-19-9-16-13-29(14-17(16)10-19)12-15-5-7-30-8-6-15/h1-4,11,15-17,19H,5-10,12-14H2,(H,26,28)/t16-,17+,19?. The topological polar surface area (TPSA) is 50.3 Å². The minimum atomic E-state index is -0.332. The van der Waals surface area contributed by atoms with Crippen molar-refractivity contribution in [1.82, 2.24) is 15.1 Å². The lowest BCUT2D eigenvalue weighted by molar-refractivity contribution is 0.0545. The molecule has 0 radical (unpaired) electrons. The molecule has 1 aliphatic carbocycles. The summed E-state index contributed by atoms with van der Waals surface area (Å²) < 4.78 is 19.0. The van der Waals surface area contributed by atoms with Crippen LogP contribution >= 0.6 is 11.6 Å². The van der Waals surface area contributed by atoms with E-state index in [4.69, 9.17) is 16.3 Å². The Kier molecular flexibility index (Phi) is 5.89. The summed E-state index contributed by atoms with van der Waals surface area (Å²) in [7, 11) is 0. The van der Waals surface area contributed by atoms with Crippen LogP contribution in [0.5, 0.6) is 0 Å². The van der Waals surface area contributed by atoms with Gasteiger partial charge in [0, 0.05) is 44.5 Å². The highest BCUT2D eigenvalue weighted by molar-refractivity contribution is 6.33. The van der Waals surface area contributed by atoms with Gasteiger partial charge in [-0.3, -0.25) is 0 Å². The molecule has 1 aromatic carbocycles. The third-order valence-corrected chi connectivity index (χ3v) is 7.23. The molecule has 2 aromatic rings. The molecule has 1 saturated carbocycles. The maximum absolute atomic E-state index is 13.5. The molecule has 5 nitrogen and oxygen atoms in total. The van der Waals surface area contributed by atoms with Crippen LogP contribution in [-0.2, 0) is 4.74 Å². The number of fused-ring (bicyclic) bond motifs is 1. The zero-order chi connectivity index (χ0) is 20.5. The zero-order valence-electron chi connectivity index (χ0n) is 17.1. The molecule has 0 spiro atoms. The first-order valence-electron chi connectivity index (χ1n) is 11.0. The third kappa shape index (κ3) is 4.46. The Balaban J connectivity index is 1.14. The molecule has 1 aromatic heterocycles. The quantitative estimate of drug-likeness (QED) is 0.757. The Labute approximate surface area is 182 Å². The van der Waals surface area contributed by atoms with Crippen LogP contribution in [-0.4, -0.2) is 54.0 Å². The fourth-order valence-electron chi connectivity index (χ4n) is 5.41. The number of halogens is 2. The molecule has 1 N–H and O–H groups in total. The van der Waals surface area contributed by atoms with Crippen molar-refractivity contribution in [2.75, 3.05) is 38.2 Å². The van der Waals surface area contributed by atoms with E-state index >= 15 is 0 Å². The van der Waals surface area contributed by atoms with Gasteiger partial charge in [-0.05, 0) is 73.8 Å². The first-order chi connectivity index (χ1) is 14.6. The Bertz CT molecular complexity index is 860. The van der Waals surface area contributed by atoms with E-state index in [2.05, 4.69) is 20.4 Å². The lowest BCUT2D eigenvalue weighted by Crippen LogP contribution is -2.32. The summed E-state index contributed by atoms with van der Waals surface area (Å²) in [5.41, 5.74) is 1.15. The number of ether oxygens (including phenoxy) is 1. The summed E-state index contributed by atoms with van der Waals surface area (Å²) in [6, 6.07) is 8.49. The van der Waals surface area contributed by atoms with Gasteiger partial charge in [0.05, 0.1) is 10.7 Å². The van der Waals surface area contributed by atoms with Crippen LogP contribution < -0.4 is 5.32 Å². The molecule has 7 heteroatoms. The van der Waals surface area contributed by atoms with Gasteiger partial charge in [0.1, 0.15) is 11.6 Å². The number of rotatable bonds is 5. The number of benzene rings is 1. The zero-order valence-corrected chi connectivity index (χ0v) is 17.8. The molecule has 1 unspecified atom stereocenters. The van der Waals surface area contributed by atoms with Gasteiger partial charge in [0.15, 0.2) is 0 Å². The van der Waals surface area contributed by atoms with E-state index in [-0.39, 0.29) is 5.82 Å². The summed E-state index contributed by atoms with van der Waals surface area (Å²) in [6.45, 7) is 5.56. The van der Waals surface area contributed by atoms with Gasteiger partial charge < -0.3 is 15.0 Å². The van der Waals surface area contributed by atoms with Crippen molar-refractivity contribution in [2.24, 2.45) is 17.8 Å². The minimum Gasteiger partial charge on any atom is -0.381 e. The van der Waals surface area contributed by atoms with Gasteiger partial charge >= 0.3 is 0 Å². The van der Waals surface area contributed by atoms with Gasteiger partial charge in [-0.25, -0.2) is 4.39 Å². The molecule has 3 atom stereocenters. The fourth-order valence-corrected chi connectivity index (χ4v) is 5.63. The molecular weight excluding hydrogens is 403 g/mol. The van der Waals surface area contributed by atoms with Crippen LogP contribution in [0.15, 0.2) is 30.3 Å². The van der Waals surface area contributed by atoms with Gasteiger partial charge in [-0.1, -0.05) is 11.6 Å². The normalized spacial score (nSPS) is 27.3. The van der Waals surface area contributed by atoms with E-state index in [0.717, 1.165) is 36.8 Å². The van der Waals surface area contributed by atoms with Gasteiger partial charge in [0.25, 0.3) is 0 Å². The SMILES string of the molecule is Fc1ccc(Cl)c(-c2ccc(NC3C[C@@H]4CN(CC5CCOCC5)C[C@@H]4C3)nn2)c1. The maximum Gasteiger partial charge on any atom is 0.148 e. The summed E-state index contributed by atoms with van der Waals surface area (Å²) in [5, 5.41) is 12.6. The Morgan fingerprint density at radius 2 is 1.83 bits per heavy atom. The van der Waals surface area contributed by atoms with Crippen molar-refractivity contribution in [3.8, 4) is 11.3 Å². The number of anilines is 1. The third-order valence-electron chi connectivity index (χ3n) is 6.90. The number of likely N-dealkylation sites (tertiary alicyclic amines) is 1. The van der Waals surface area contributed by atoms with Crippen LogP contribution in [0.4, 0.5) is 10.2 Å². The molecule has 0 bridgehead atoms. The lowest BCUT2D eigenvalue weighted by atomic mass is 10.00. The maximum atomic E-state index is 13.5. The largest absolute Gasteiger partial charge is 0.381 e. The van der Waals surface area contributed by atoms with E-state index in [0.29, 0.717) is 22.3 Å². The number of hydrogen-bond acceptors (Lipinski definition) is 5. The highest BCUT2D eigenvalue weighted by Crippen LogP contribution is 2.39. The van der Waals surface area contributed by atoms with Crippen molar-refractivity contribution in [3.63, 3.8) is 0 Å². The summed E-state index contributed by atoms with van der Waals surface area (Å²) in [6.07, 6.45) is 4.80. The minimum absolute atomic E-state index is 0.332. The predicted octanol–water partition coefficient (Wildman–Crippen LogP) is 4.49. The first-order valence-corrected chi connectivity index (χ1v) is 11.4. The predicted molar refractivity (Wildman–Crippen MR) is 116 cm³/mol. The molecule has 3 aliphatic rings. The summed E-state index contributed by atoms with van der Waals surface area (Å²) >= 11 is 6.18. The Morgan fingerprint density at radius 3 is 2.53 bits per heavy atom. The van der Waals surface area contributed by atoms with Crippen molar-refractivity contribution in [3.05, 3.63) is 41.2 Å². The molecule has 3 fully saturated rings. The van der Waals surface area contributed by atoms with Crippen LogP contribution in [0.25, 0.3) is 11.3 Å². The van der Waals surface area contributed by atoms with Crippen molar-refractivity contribution < 1.29 is 9.13 Å². The van der Waals surface area contributed by atoms with Crippen LogP contribution in [0.2, 0.25) is 5.02 Å². The molecule has 5 rings (SSSR count). The first kappa shape index (κ1) is 20.2. The van der Waals surface area contributed by atoms with Gasteiger partial charge in [-0.2, -0.15) is 0 Å². The number of nitrogens with one attached hydrogen (secondary N) is 1. The highest BCUT2D eigenvalue weighted by atomic mass is 35.5.